The second kappa shape index (κ2) is 10.8. The molecular formula is C21H25F6N5O. The number of amides is 1. The first kappa shape index (κ1) is 26.4. The third-order valence-corrected chi connectivity index (χ3v) is 5.01. The minimum atomic E-state index is -5.27. The van der Waals surface area contributed by atoms with Crippen LogP contribution in [0.3, 0.4) is 0 Å². The number of nitrogens with one attached hydrogen (secondary N) is 1. The molecule has 2 aromatic rings. The number of nitrogen functional groups attached to an aromatic ring is 1. The van der Waals surface area contributed by atoms with Crippen molar-refractivity contribution in [3.8, 4) is 11.3 Å². The Bertz CT molecular complexity index is 955. The third kappa shape index (κ3) is 7.58. The van der Waals surface area contributed by atoms with Crippen LogP contribution in [0, 0.1) is 6.92 Å². The first-order valence-corrected chi connectivity index (χ1v) is 10.2. The average Bonchev–Trinajstić information content (AvgIpc) is 2.74. The van der Waals surface area contributed by atoms with E-state index in [0.29, 0.717) is 17.7 Å². The van der Waals surface area contributed by atoms with Crippen LogP contribution in [-0.2, 0) is 11.0 Å². The summed E-state index contributed by atoms with van der Waals surface area (Å²) < 4.78 is 75.8. The highest BCUT2D eigenvalue weighted by atomic mass is 19.4. The molecule has 12 heteroatoms. The monoisotopic (exact) mass is 477 g/mol. The van der Waals surface area contributed by atoms with E-state index in [2.05, 4.69) is 22.0 Å². The molecule has 33 heavy (non-hydrogen) atoms. The smallest absolute Gasteiger partial charge is 0.382 e. The molecular weight excluding hydrogens is 452 g/mol. The Morgan fingerprint density at radius 2 is 1.70 bits per heavy atom. The molecule has 3 rings (SSSR count). The zero-order valence-corrected chi connectivity index (χ0v) is 18.1. The van der Waals surface area contributed by atoms with Gasteiger partial charge in [-0.15, -0.1) is 10.2 Å². The average molecular weight is 477 g/mol. The van der Waals surface area contributed by atoms with Crippen molar-refractivity contribution in [2.45, 2.75) is 45.5 Å². The van der Waals surface area contributed by atoms with Gasteiger partial charge < -0.3 is 16.0 Å². The molecule has 2 heterocycles. The van der Waals surface area contributed by atoms with Gasteiger partial charge in [-0.3, -0.25) is 4.79 Å². The number of aryl methyl sites for hydroxylation is 1. The molecule has 182 valence electrons. The molecule has 0 spiro atoms. The van der Waals surface area contributed by atoms with Gasteiger partial charge in [0.1, 0.15) is 5.82 Å². The summed E-state index contributed by atoms with van der Waals surface area (Å²) in [6.45, 7) is 7.67. The molecule has 1 saturated heterocycles. The third-order valence-electron chi connectivity index (χ3n) is 5.01. The number of hydrogen-bond donors (Lipinski definition) is 2. The maximum absolute atomic E-state index is 12.8. The van der Waals surface area contributed by atoms with Gasteiger partial charge in [0.2, 0.25) is 0 Å². The van der Waals surface area contributed by atoms with E-state index in [4.69, 9.17) is 5.73 Å². The molecule has 0 aliphatic carbocycles. The zero-order chi connectivity index (χ0) is 24.8. The molecule has 1 fully saturated rings. The predicted molar refractivity (Wildman–Crippen MR) is 112 cm³/mol. The molecule has 3 N–H and O–H groups in total. The minimum absolute atomic E-state index is 0.0135. The van der Waals surface area contributed by atoms with Crippen LogP contribution in [0.2, 0.25) is 0 Å². The van der Waals surface area contributed by atoms with E-state index >= 15 is 0 Å². The topological polar surface area (TPSA) is 84.1 Å². The predicted octanol–water partition coefficient (Wildman–Crippen LogP) is 5.05. The number of alkyl halides is 6. The largest absolute Gasteiger partial charge is 0.471 e. The van der Waals surface area contributed by atoms with E-state index < -0.39 is 29.5 Å². The SMILES string of the molecule is CCN1CCCCC1.Cc1cc(N)nnc1-c1ccc(C(F)(F)F)cc1NC(=O)C(F)(F)F. The molecule has 0 bridgehead atoms. The summed E-state index contributed by atoms with van der Waals surface area (Å²) in [5.74, 6) is -2.39. The Morgan fingerprint density at radius 1 is 1.06 bits per heavy atom. The van der Waals surface area contributed by atoms with Crippen molar-refractivity contribution in [2.24, 2.45) is 0 Å². The molecule has 0 saturated carbocycles. The number of benzene rings is 1. The molecule has 0 unspecified atom stereocenters. The van der Waals surface area contributed by atoms with Gasteiger partial charge in [0.05, 0.1) is 16.9 Å². The Hall–Kier alpha value is -2.89. The lowest BCUT2D eigenvalue weighted by molar-refractivity contribution is -0.167. The summed E-state index contributed by atoms with van der Waals surface area (Å²) in [5.41, 5.74) is 3.69. The van der Waals surface area contributed by atoms with Crippen LogP contribution in [0.1, 0.15) is 37.3 Å². The van der Waals surface area contributed by atoms with Crippen LogP contribution < -0.4 is 11.1 Å². The second-order valence-electron chi connectivity index (χ2n) is 7.51. The zero-order valence-electron chi connectivity index (χ0n) is 18.1. The van der Waals surface area contributed by atoms with Gasteiger partial charge in [-0.25, -0.2) is 0 Å². The lowest BCUT2D eigenvalue weighted by Crippen LogP contribution is -2.30. The van der Waals surface area contributed by atoms with Gasteiger partial charge in [0.25, 0.3) is 0 Å². The number of carbonyl (C=O) groups is 1. The summed E-state index contributed by atoms with van der Waals surface area (Å²) in [4.78, 5) is 13.7. The first-order valence-electron chi connectivity index (χ1n) is 10.2. The molecule has 0 atom stereocenters. The van der Waals surface area contributed by atoms with E-state index in [-0.39, 0.29) is 17.1 Å². The Morgan fingerprint density at radius 3 is 2.18 bits per heavy atom. The van der Waals surface area contributed by atoms with Crippen LogP contribution in [0.25, 0.3) is 11.3 Å². The fourth-order valence-electron chi connectivity index (χ4n) is 3.27. The maximum Gasteiger partial charge on any atom is 0.471 e. The standard InChI is InChI=1S/C14H10F6N4O.C7H15N/c1-6-4-10(21)23-24-11(6)8-3-2-7(13(15,16)17)5-9(8)22-12(25)14(18,19)20;1-2-8-6-4-3-5-7-8/h2-5H,1H3,(H2,21,23)(H,22,25);2-7H2,1H3. The first-order chi connectivity index (χ1) is 15.3. The second-order valence-corrected chi connectivity index (χ2v) is 7.51. The molecule has 1 aromatic carbocycles. The van der Waals surface area contributed by atoms with Gasteiger partial charge in [-0.2, -0.15) is 26.3 Å². The van der Waals surface area contributed by atoms with E-state index in [1.165, 1.54) is 57.2 Å². The number of piperidine rings is 1. The van der Waals surface area contributed by atoms with Crippen molar-refractivity contribution in [3.05, 3.63) is 35.4 Å². The number of anilines is 2. The van der Waals surface area contributed by atoms with E-state index in [9.17, 15) is 31.1 Å². The fourth-order valence-corrected chi connectivity index (χ4v) is 3.27. The Kier molecular flexibility index (Phi) is 8.64. The van der Waals surface area contributed by atoms with Crippen LogP contribution >= 0.6 is 0 Å². The number of nitrogens with zero attached hydrogens (tertiary/aromatic N) is 3. The van der Waals surface area contributed by atoms with Crippen molar-refractivity contribution in [1.82, 2.24) is 15.1 Å². The summed E-state index contributed by atoms with van der Waals surface area (Å²) in [7, 11) is 0. The number of nitrogens with two attached hydrogens (primary N) is 1. The summed E-state index contributed by atoms with van der Waals surface area (Å²) >= 11 is 0. The summed E-state index contributed by atoms with van der Waals surface area (Å²) in [5, 5.41) is 8.65. The summed E-state index contributed by atoms with van der Waals surface area (Å²) in [6.07, 6.45) is -5.77. The van der Waals surface area contributed by atoms with Gasteiger partial charge >= 0.3 is 18.3 Å². The number of likely N-dealkylation sites (tertiary alicyclic amines) is 1. The number of aromatic nitrogens is 2. The molecule has 1 amide bonds. The highest BCUT2D eigenvalue weighted by Crippen LogP contribution is 2.36. The van der Waals surface area contributed by atoms with Gasteiger partial charge in [0, 0.05) is 5.56 Å². The number of halogens is 6. The fraction of sp³-hybridized carbons (Fsp3) is 0.476. The molecule has 1 aliphatic rings. The van der Waals surface area contributed by atoms with Gasteiger partial charge in [0.15, 0.2) is 0 Å². The molecule has 1 aliphatic heterocycles. The van der Waals surface area contributed by atoms with Crippen molar-refractivity contribution in [2.75, 3.05) is 30.7 Å². The molecule has 0 radical (unpaired) electrons. The van der Waals surface area contributed by atoms with Gasteiger partial charge in [-0.1, -0.05) is 19.4 Å². The van der Waals surface area contributed by atoms with Crippen molar-refractivity contribution >= 4 is 17.4 Å². The highest BCUT2D eigenvalue weighted by molar-refractivity contribution is 5.98. The lowest BCUT2D eigenvalue weighted by Gasteiger charge is -2.24. The van der Waals surface area contributed by atoms with Gasteiger partial charge in [-0.05, 0) is 63.2 Å². The molecule has 6 nitrogen and oxygen atoms in total. The van der Waals surface area contributed by atoms with Crippen molar-refractivity contribution in [1.29, 1.82) is 0 Å². The van der Waals surface area contributed by atoms with Crippen LogP contribution in [0.5, 0.6) is 0 Å². The number of hydrogen-bond acceptors (Lipinski definition) is 5. The normalized spacial score (nSPS) is 14.9. The molecule has 1 aromatic heterocycles. The minimum Gasteiger partial charge on any atom is -0.382 e. The Labute approximate surface area is 187 Å². The van der Waals surface area contributed by atoms with E-state index in [0.717, 1.165) is 6.07 Å². The van der Waals surface area contributed by atoms with Crippen LogP contribution in [0.15, 0.2) is 24.3 Å². The number of carbonyl (C=O) groups excluding carboxylic acids is 1. The number of rotatable bonds is 3. The van der Waals surface area contributed by atoms with Crippen LogP contribution in [0.4, 0.5) is 37.8 Å². The maximum atomic E-state index is 12.8. The highest BCUT2D eigenvalue weighted by Gasteiger charge is 2.39. The quantitative estimate of drug-likeness (QED) is 0.605. The lowest BCUT2D eigenvalue weighted by atomic mass is 10.0. The van der Waals surface area contributed by atoms with Crippen LogP contribution in [-0.4, -0.2) is 46.8 Å². The Balaban J connectivity index is 0.000000405. The van der Waals surface area contributed by atoms with E-state index in [1.54, 1.807) is 0 Å². The summed E-state index contributed by atoms with van der Waals surface area (Å²) in [6, 6.07) is 3.31. The van der Waals surface area contributed by atoms with E-state index in [1.807, 2.05) is 0 Å². The van der Waals surface area contributed by atoms with Crippen molar-refractivity contribution in [3.63, 3.8) is 0 Å². The van der Waals surface area contributed by atoms with Crippen molar-refractivity contribution < 1.29 is 31.1 Å².